The van der Waals surface area contributed by atoms with Crippen molar-refractivity contribution in [2.24, 2.45) is 5.11 Å². The normalized spacial score (nSPS) is 11.1. The zero-order chi connectivity index (χ0) is 11.8. The molecule has 1 aromatic carbocycles. The van der Waals surface area contributed by atoms with Gasteiger partial charge >= 0.3 is 0 Å². The Balaban J connectivity index is 2.62. The second kappa shape index (κ2) is 6.37. The number of methoxy groups -OCH3 is 1. The molecule has 0 spiro atoms. The molecule has 1 aromatic rings. The van der Waals surface area contributed by atoms with Crippen molar-refractivity contribution in [1.29, 1.82) is 0 Å². The minimum atomic E-state index is -0.0655. The van der Waals surface area contributed by atoms with Gasteiger partial charge in [0, 0.05) is 23.2 Å². The summed E-state index contributed by atoms with van der Waals surface area (Å²) in [5, 5.41) is 6.67. The van der Waals surface area contributed by atoms with Crippen molar-refractivity contribution in [3.8, 4) is 5.75 Å². The molecular weight excluding hydrogens is 204 g/mol. The highest BCUT2D eigenvalue weighted by molar-refractivity contribution is 5.47. The fraction of sp³-hybridized carbons (Fsp3) is 0.273. The standard InChI is InChI=1S/C11H14N4O/c1-3-9(8-13-15-12)14-10-4-6-11(16-2)7-5-10/h3-7,9,14H,1,8H2,2H3/t9-/m0/s1. The molecule has 0 aliphatic carbocycles. The third-order valence-corrected chi connectivity index (χ3v) is 2.07. The first-order chi connectivity index (χ1) is 7.80. The van der Waals surface area contributed by atoms with Crippen molar-refractivity contribution in [2.45, 2.75) is 6.04 Å². The first-order valence-electron chi connectivity index (χ1n) is 4.84. The Morgan fingerprint density at radius 2 is 2.25 bits per heavy atom. The molecular formula is C11H14N4O. The lowest BCUT2D eigenvalue weighted by Gasteiger charge is -2.13. The predicted molar refractivity (Wildman–Crippen MR) is 64.6 cm³/mol. The van der Waals surface area contributed by atoms with E-state index in [1.165, 1.54) is 0 Å². The first-order valence-corrected chi connectivity index (χ1v) is 4.84. The van der Waals surface area contributed by atoms with E-state index >= 15 is 0 Å². The molecule has 5 heteroatoms. The van der Waals surface area contributed by atoms with E-state index < -0.39 is 0 Å². The van der Waals surface area contributed by atoms with Gasteiger partial charge in [-0.05, 0) is 29.8 Å². The molecule has 1 N–H and O–H groups in total. The summed E-state index contributed by atoms with van der Waals surface area (Å²) in [7, 11) is 1.62. The summed E-state index contributed by atoms with van der Waals surface area (Å²) in [6.45, 7) is 4.01. The van der Waals surface area contributed by atoms with Crippen molar-refractivity contribution in [2.75, 3.05) is 19.0 Å². The molecule has 0 unspecified atom stereocenters. The summed E-state index contributed by atoms with van der Waals surface area (Å²) in [5.74, 6) is 0.802. The topological polar surface area (TPSA) is 70.0 Å². The van der Waals surface area contributed by atoms with Crippen LogP contribution in [0.4, 0.5) is 5.69 Å². The Kier molecular flexibility index (Phi) is 4.76. The van der Waals surface area contributed by atoms with E-state index in [1.807, 2.05) is 24.3 Å². The van der Waals surface area contributed by atoms with Crippen molar-refractivity contribution in [1.82, 2.24) is 0 Å². The minimum absolute atomic E-state index is 0.0655. The molecule has 0 radical (unpaired) electrons. The van der Waals surface area contributed by atoms with Gasteiger partial charge in [0.1, 0.15) is 5.75 Å². The summed E-state index contributed by atoms with van der Waals surface area (Å²) < 4.78 is 5.05. The lowest BCUT2D eigenvalue weighted by molar-refractivity contribution is 0.415. The number of rotatable bonds is 6. The van der Waals surface area contributed by atoms with E-state index in [4.69, 9.17) is 10.3 Å². The number of hydrogen-bond donors (Lipinski definition) is 1. The van der Waals surface area contributed by atoms with Gasteiger partial charge in [0.2, 0.25) is 0 Å². The van der Waals surface area contributed by atoms with E-state index in [1.54, 1.807) is 13.2 Å². The van der Waals surface area contributed by atoms with Crippen LogP contribution in [0.5, 0.6) is 5.75 Å². The molecule has 0 aliphatic rings. The van der Waals surface area contributed by atoms with Crippen molar-refractivity contribution < 1.29 is 4.74 Å². The highest BCUT2D eigenvalue weighted by atomic mass is 16.5. The number of benzene rings is 1. The van der Waals surface area contributed by atoms with E-state index in [-0.39, 0.29) is 6.04 Å². The molecule has 16 heavy (non-hydrogen) atoms. The average molecular weight is 218 g/mol. The Hall–Kier alpha value is -2.13. The molecule has 0 heterocycles. The molecule has 0 fully saturated rings. The highest BCUT2D eigenvalue weighted by Gasteiger charge is 2.02. The molecule has 1 rings (SSSR count). The van der Waals surface area contributed by atoms with Gasteiger partial charge < -0.3 is 10.1 Å². The summed E-state index contributed by atoms with van der Waals surface area (Å²) >= 11 is 0. The van der Waals surface area contributed by atoms with Crippen LogP contribution >= 0.6 is 0 Å². The molecule has 0 amide bonds. The van der Waals surface area contributed by atoms with Crippen molar-refractivity contribution in [3.63, 3.8) is 0 Å². The third kappa shape index (κ3) is 3.55. The van der Waals surface area contributed by atoms with Crippen LogP contribution in [-0.2, 0) is 0 Å². The zero-order valence-electron chi connectivity index (χ0n) is 9.13. The maximum absolute atomic E-state index is 8.22. The Morgan fingerprint density at radius 3 is 2.75 bits per heavy atom. The molecule has 84 valence electrons. The van der Waals surface area contributed by atoms with Gasteiger partial charge in [-0.2, -0.15) is 0 Å². The van der Waals surface area contributed by atoms with Crippen LogP contribution in [0.15, 0.2) is 42.0 Å². The smallest absolute Gasteiger partial charge is 0.119 e. The van der Waals surface area contributed by atoms with E-state index in [9.17, 15) is 0 Å². The molecule has 5 nitrogen and oxygen atoms in total. The van der Waals surface area contributed by atoms with Crippen molar-refractivity contribution >= 4 is 5.69 Å². The van der Waals surface area contributed by atoms with Gasteiger partial charge in [0.15, 0.2) is 0 Å². The van der Waals surface area contributed by atoms with Crippen LogP contribution in [-0.4, -0.2) is 19.7 Å². The van der Waals surface area contributed by atoms with Crippen molar-refractivity contribution in [3.05, 3.63) is 47.4 Å². The zero-order valence-corrected chi connectivity index (χ0v) is 9.13. The third-order valence-electron chi connectivity index (χ3n) is 2.07. The number of nitrogens with one attached hydrogen (secondary N) is 1. The number of nitrogens with zero attached hydrogens (tertiary/aromatic N) is 3. The highest BCUT2D eigenvalue weighted by Crippen LogP contribution is 2.15. The average Bonchev–Trinajstić information content (AvgIpc) is 2.35. The van der Waals surface area contributed by atoms with Gasteiger partial charge in [-0.1, -0.05) is 11.2 Å². The van der Waals surface area contributed by atoms with Crippen LogP contribution in [0, 0.1) is 0 Å². The number of hydrogen-bond acceptors (Lipinski definition) is 3. The summed E-state index contributed by atoms with van der Waals surface area (Å²) in [6.07, 6.45) is 1.71. The van der Waals surface area contributed by atoms with E-state index in [0.29, 0.717) is 6.54 Å². The van der Waals surface area contributed by atoms with E-state index in [0.717, 1.165) is 11.4 Å². The Morgan fingerprint density at radius 1 is 1.56 bits per heavy atom. The maximum atomic E-state index is 8.22. The largest absolute Gasteiger partial charge is 0.497 e. The summed E-state index contributed by atoms with van der Waals surface area (Å²) in [6, 6.07) is 7.44. The molecule has 0 aromatic heterocycles. The summed E-state index contributed by atoms with van der Waals surface area (Å²) in [5.41, 5.74) is 9.15. The second-order valence-electron chi connectivity index (χ2n) is 3.13. The predicted octanol–water partition coefficient (Wildman–Crippen LogP) is 2.97. The lowest BCUT2D eigenvalue weighted by atomic mass is 10.2. The molecule has 0 saturated carbocycles. The SMILES string of the molecule is C=C[C@@H](CN=[N+]=[N-])Nc1ccc(OC)cc1. The van der Waals surface area contributed by atoms with Gasteiger partial charge in [0.25, 0.3) is 0 Å². The monoisotopic (exact) mass is 218 g/mol. The minimum Gasteiger partial charge on any atom is -0.497 e. The van der Waals surface area contributed by atoms with Crippen LogP contribution in [0.25, 0.3) is 10.4 Å². The maximum Gasteiger partial charge on any atom is 0.119 e. The van der Waals surface area contributed by atoms with Crippen LogP contribution in [0.1, 0.15) is 0 Å². The Labute approximate surface area is 94.4 Å². The lowest BCUT2D eigenvalue weighted by Crippen LogP contribution is -2.19. The molecule has 0 bridgehead atoms. The quantitative estimate of drug-likeness (QED) is 0.345. The van der Waals surface area contributed by atoms with Gasteiger partial charge in [-0.25, -0.2) is 0 Å². The van der Waals surface area contributed by atoms with Crippen LogP contribution in [0.2, 0.25) is 0 Å². The van der Waals surface area contributed by atoms with Gasteiger partial charge in [-0.3, -0.25) is 0 Å². The van der Waals surface area contributed by atoms with Crippen LogP contribution in [0.3, 0.4) is 0 Å². The first kappa shape index (κ1) is 11.9. The molecule has 0 aliphatic heterocycles. The van der Waals surface area contributed by atoms with Crippen LogP contribution < -0.4 is 10.1 Å². The number of azide groups is 1. The molecule has 0 saturated heterocycles. The van der Waals surface area contributed by atoms with Gasteiger partial charge in [0.05, 0.1) is 7.11 Å². The fourth-order valence-electron chi connectivity index (χ4n) is 1.20. The number of ether oxygens (including phenoxy) is 1. The Bertz CT molecular complexity index is 381. The van der Waals surface area contributed by atoms with E-state index in [2.05, 4.69) is 21.9 Å². The fourth-order valence-corrected chi connectivity index (χ4v) is 1.20. The number of anilines is 1. The molecule has 1 atom stereocenters. The second-order valence-corrected chi connectivity index (χ2v) is 3.13. The van der Waals surface area contributed by atoms with Gasteiger partial charge in [-0.15, -0.1) is 6.58 Å². The summed E-state index contributed by atoms with van der Waals surface area (Å²) in [4.78, 5) is 2.71.